The predicted molar refractivity (Wildman–Crippen MR) is 75.8 cm³/mol. The molecule has 0 spiro atoms. The van der Waals surface area contributed by atoms with E-state index in [-0.39, 0.29) is 4.06 Å². The molecule has 0 saturated carbocycles. The van der Waals surface area contributed by atoms with Gasteiger partial charge in [-0.05, 0) is 17.7 Å². The summed E-state index contributed by atoms with van der Waals surface area (Å²) in [4.78, 5) is 11.4. The third kappa shape index (κ3) is 1.90. The van der Waals surface area contributed by atoms with E-state index in [0.29, 0.717) is 0 Å². The van der Waals surface area contributed by atoms with Crippen LogP contribution in [0.2, 0.25) is 0 Å². The third-order valence-corrected chi connectivity index (χ3v) is 5.90. The van der Waals surface area contributed by atoms with Gasteiger partial charge in [-0.15, -0.1) is 11.3 Å². The Morgan fingerprint density at radius 2 is 1.88 bits per heavy atom. The Labute approximate surface area is 110 Å². The minimum atomic E-state index is 0.168. The normalized spacial score (nSPS) is 10.9. The topological polar surface area (TPSA) is 26.3 Å². The molecule has 0 unspecified atom stereocenters. The minimum Gasteiger partial charge on any atom is -0.497 e. The maximum atomic E-state index is 11.4. The number of fused-ring (bicyclic) bond motifs is 1. The van der Waals surface area contributed by atoms with E-state index in [4.69, 9.17) is 4.74 Å². The molecule has 0 bridgehead atoms. The van der Waals surface area contributed by atoms with Gasteiger partial charge < -0.3 is 4.74 Å². The van der Waals surface area contributed by atoms with Gasteiger partial charge in [0.05, 0.1) is 11.8 Å². The standard InChI is InChI=1S/C12H8O2S3/c1-14-8-4-2-7(3-5-8)9-6-15-11-10(9)16-12(13)17-11/h2-6H,1H3. The van der Waals surface area contributed by atoms with Gasteiger partial charge >= 0.3 is 0 Å². The molecule has 0 fully saturated rings. The van der Waals surface area contributed by atoms with E-state index in [0.717, 1.165) is 25.6 Å². The maximum absolute atomic E-state index is 11.4. The predicted octanol–water partition coefficient (Wildman–Crippen LogP) is 4.06. The van der Waals surface area contributed by atoms with E-state index in [2.05, 4.69) is 5.38 Å². The molecule has 0 N–H and O–H groups in total. The summed E-state index contributed by atoms with van der Waals surface area (Å²) in [6.07, 6.45) is 0. The van der Waals surface area contributed by atoms with Gasteiger partial charge in [0, 0.05) is 10.9 Å². The van der Waals surface area contributed by atoms with Crippen molar-refractivity contribution in [2.75, 3.05) is 7.11 Å². The van der Waals surface area contributed by atoms with Crippen LogP contribution < -0.4 is 8.79 Å². The molecule has 5 heteroatoms. The van der Waals surface area contributed by atoms with E-state index >= 15 is 0 Å². The summed E-state index contributed by atoms with van der Waals surface area (Å²) in [5.41, 5.74) is 2.28. The van der Waals surface area contributed by atoms with Crippen LogP contribution in [0, 0.1) is 0 Å². The summed E-state index contributed by atoms with van der Waals surface area (Å²) in [5.74, 6) is 0.846. The molecular weight excluding hydrogens is 272 g/mol. The zero-order valence-electron chi connectivity index (χ0n) is 8.93. The molecule has 3 rings (SSSR count). The average molecular weight is 280 g/mol. The largest absolute Gasteiger partial charge is 0.497 e. The maximum Gasteiger partial charge on any atom is 0.289 e. The van der Waals surface area contributed by atoms with Crippen LogP contribution in [0.25, 0.3) is 19.8 Å². The monoisotopic (exact) mass is 280 g/mol. The zero-order chi connectivity index (χ0) is 11.8. The van der Waals surface area contributed by atoms with Crippen LogP contribution in [0.15, 0.2) is 34.4 Å². The Morgan fingerprint density at radius 3 is 2.59 bits per heavy atom. The molecule has 86 valence electrons. The zero-order valence-corrected chi connectivity index (χ0v) is 11.4. The number of hydrogen-bond donors (Lipinski definition) is 0. The fourth-order valence-corrected chi connectivity index (χ4v) is 5.22. The highest BCUT2D eigenvalue weighted by Gasteiger charge is 2.10. The molecule has 1 aromatic carbocycles. The minimum absolute atomic E-state index is 0.168. The molecule has 0 saturated heterocycles. The van der Waals surface area contributed by atoms with Gasteiger partial charge in [-0.25, -0.2) is 0 Å². The Hall–Kier alpha value is -1.17. The molecule has 0 amide bonds. The van der Waals surface area contributed by atoms with Gasteiger partial charge in [-0.3, -0.25) is 4.79 Å². The van der Waals surface area contributed by atoms with Crippen molar-refractivity contribution < 1.29 is 4.74 Å². The highest BCUT2D eigenvalue weighted by molar-refractivity contribution is 7.46. The van der Waals surface area contributed by atoms with E-state index in [9.17, 15) is 4.79 Å². The molecule has 2 nitrogen and oxygen atoms in total. The molecule has 2 heterocycles. The lowest BCUT2D eigenvalue weighted by Gasteiger charge is -2.01. The third-order valence-electron chi connectivity index (χ3n) is 2.48. The average Bonchev–Trinajstić information content (AvgIpc) is 2.88. The number of rotatable bonds is 2. The van der Waals surface area contributed by atoms with Crippen LogP contribution >= 0.6 is 34.0 Å². The Balaban J connectivity index is 2.15. The van der Waals surface area contributed by atoms with Crippen molar-refractivity contribution in [2.45, 2.75) is 0 Å². The summed E-state index contributed by atoms with van der Waals surface area (Å²) in [6.45, 7) is 0. The van der Waals surface area contributed by atoms with Gasteiger partial charge in [-0.1, -0.05) is 34.8 Å². The summed E-state index contributed by atoms with van der Waals surface area (Å²) in [6, 6.07) is 7.92. The van der Waals surface area contributed by atoms with Crippen molar-refractivity contribution in [1.29, 1.82) is 0 Å². The van der Waals surface area contributed by atoms with Crippen molar-refractivity contribution in [3.63, 3.8) is 0 Å². The van der Waals surface area contributed by atoms with Gasteiger partial charge in [0.2, 0.25) is 0 Å². The molecule has 0 atom stereocenters. The van der Waals surface area contributed by atoms with Crippen LogP contribution in [0.5, 0.6) is 5.75 Å². The summed E-state index contributed by atoms with van der Waals surface area (Å²) in [5, 5.41) is 2.11. The van der Waals surface area contributed by atoms with Crippen LogP contribution in [0.4, 0.5) is 0 Å². The molecule has 0 radical (unpaired) electrons. The van der Waals surface area contributed by atoms with Crippen LogP contribution in [-0.4, -0.2) is 7.11 Å². The molecule has 0 aliphatic heterocycles. The quantitative estimate of drug-likeness (QED) is 0.707. The first-order valence-corrected chi connectivity index (χ1v) is 7.45. The number of benzene rings is 1. The molecule has 0 aliphatic rings. The Kier molecular flexibility index (Phi) is 2.74. The lowest BCUT2D eigenvalue weighted by atomic mass is 10.1. The van der Waals surface area contributed by atoms with Crippen LogP contribution in [0.3, 0.4) is 0 Å². The number of methoxy groups -OCH3 is 1. The van der Waals surface area contributed by atoms with Gasteiger partial charge in [-0.2, -0.15) is 0 Å². The molecule has 2 aromatic heterocycles. The fourth-order valence-electron chi connectivity index (χ4n) is 1.65. The second kappa shape index (κ2) is 4.25. The first-order valence-electron chi connectivity index (χ1n) is 4.93. The number of thiophene rings is 1. The number of ether oxygens (including phenoxy) is 1. The number of hydrogen-bond acceptors (Lipinski definition) is 5. The molecule has 17 heavy (non-hydrogen) atoms. The Morgan fingerprint density at radius 1 is 1.12 bits per heavy atom. The van der Waals surface area contributed by atoms with Crippen molar-refractivity contribution in [3.05, 3.63) is 38.5 Å². The van der Waals surface area contributed by atoms with E-state index in [1.165, 1.54) is 22.7 Å². The van der Waals surface area contributed by atoms with Crippen molar-refractivity contribution >= 4 is 42.7 Å². The van der Waals surface area contributed by atoms with Crippen LogP contribution in [0.1, 0.15) is 0 Å². The van der Waals surface area contributed by atoms with E-state index < -0.39 is 0 Å². The summed E-state index contributed by atoms with van der Waals surface area (Å²) < 4.78 is 7.53. The molecule has 3 aromatic rings. The molecular formula is C12H8O2S3. The van der Waals surface area contributed by atoms with Crippen molar-refractivity contribution in [3.8, 4) is 16.9 Å². The highest BCUT2D eigenvalue weighted by atomic mass is 32.2. The van der Waals surface area contributed by atoms with Gasteiger partial charge in [0.25, 0.3) is 4.06 Å². The van der Waals surface area contributed by atoms with E-state index in [1.807, 2.05) is 24.3 Å². The second-order valence-corrected chi connectivity index (χ2v) is 6.81. The lowest BCUT2D eigenvalue weighted by molar-refractivity contribution is 0.415. The summed E-state index contributed by atoms with van der Waals surface area (Å²) >= 11 is 4.30. The fraction of sp³-hybridized carbons (Fsp3) is 0.0833. The molecule has 0 aliphatic carbocycles. The lowest BCUT2D eigenvalue weighted by Crippen LogP contribution is -1.81. The Bertz CT molecular complexity index is 703. The highest BCUT2D eigenvalue weighted by Crippen LogP contribution is 2.38. The first-order chi connectivity index (χ1) is 8.28. The van der Waals surface area contributed by atoms with Gasteiger partial charge in [0.15, 0.2) is 0 Å². The smallest absolute Gasteiger partial charge is 0.289 e. The van der Waals surface area contributed by atoms with Crippen molar-refractivity contribution in [1.82, 2.24) is 0 Å². The SMILES string of the molecule is COc1ccc(-c2csc3sc(=O)sc23)cc1. The second-order valence-electron chi connectivity index (χ2n) is 3.45. The summed E-state index contributed by atoms with van der Waals surface area (Å²) in [7, 11) is 1.66. The van der Waals surface area contributed by atoms with E-state index in [1.54, 1.807) is 18.4 Å². The van der Waals surface area contributed by atoms with Crippen molar-refractivity contribution in [2.24, 2.45) is 0 Å². The van der Waals surface area contributed by atoms with Gasteiger partial charge in [0.1, 0.15) is 9.76 Å². The van der Waals surface area contributed by atoms with Crippen LogP contribution in [-0.2, 0) is 0 Å². The first kappa shape index (κ1) is 11.0.